The summed E-state index contributed by atoms with van der Waals surface area (Å²) in [5.41, 5.74) is 2.37. The van der Waals surface area contributed by atoms with Crippen molar-refractivity contribution in [2.24, 2.45) is 0 Å². The topological polar surface area (TPSA) is 48.2 Å². The number of aryl methyl sites for hydroxylation is 1. The van der Waals surface area contributed by atoms with Crippen molar-refractivity contribution in [3.8, 4) is 11.4 Å². The van der Waals surface area contributed by atoms with Crippen LogP contribution in [0.1, 0.15) is 11.5 Å². The van der Waals surface area contributed by atoms with Crippen LogP contribution in [-0.4, -0.2) is 17.1 Å². The Hall–Kier alpha value is -1.43. The molecule has 0 fully saturated rings. The van der Waals surface area contributed by atoms with Crippen LogP contribution in [0.3, 0.4) is 0 Å². The Morgan fingerprint density at radius 3 is 2.81 bits per heavy atom. The van der Waals surface area contributed by atoms with Crippen LogP contribution in [0.25, 0.3) is 22.4 Å². The third kappa shape index (κ3) is 2.57. The van der Waals surface area contributed by atoms with E-state index in [2.05, 4.69) is 25.9 Å². The minimum atomic E-state index is 0.352. The molecule has 21 heavy (non-hydrogen) atoms. The zero-order chi connectivity index (χ0) is 15.0. The smallest absolute Gasteiger partial charge is 0.165 e. The van der Waals surface area contributed by atoms with Gasteiger partial charge in [0.1, 0.15) is 16.5 Å². The molecule has 0 atom stereocenters. The number of halogens is 2. The van der Waals surface area contributed by atoms with Crippen LogP contribution in [0.5, 0.6) is 0 Å². The van der Waals surface area contributed by atoms with Crippen molar-refractivity contribution >= 4 is 38.5 Å². The quantitative estimate of drug-likeness (QED) is 0.626. The van der Waals surface area contributed by atoms with E-state index in [1.807, 2.05) is 31.2 Å². The molecule has 1 aromatic carbocycles. The van der Waals surface area contributed by atoms with Crippen LogP contribution >= 0.6 is 27.5 Å². The maximum Gasteiger partial charge on any atom is 0.165 e. The van der Waals surface area contributed by atoms with Gasteiger partial charge in [-0.15, -0.1) is 0 Å². The molecule has 0 radical (unpaired) electrons. The Morgan fingerprint density at radius 2 is 2.05 bits per heavy atom. The van der Waals surface area contributed by atoms with Crippen molar-refractivity contribution in [3.63, 3.8) is 0 Å². The fourth-order valence-electron chi connectivity index (χ4n) is 2.25. The zero-order valence-corrected chi connectivity index (χ0v) is 13.8. The van der Waals surface area contributed by atoms with E-state index < -0.39 is 0 Å². The van der Waals surface area contributed by atoms with Crippen LogP contribution in [0.2, 0.25) is 5.15 Å². The molecule has 108 valence electrons. The molecule has 0 spiro atoms. The zero-order valence-electron chi connectivity index (χ0n) is 11.5. The van der Waals surface area contributed by atoms with Gasteiger partial charge in [0.15, 0.2) is 5.82 Å². The molecule has 6 heteroatoms. The Bertz CT molecular complexity index is 817. The molecule has 3 aromatic rings. The van der Waals surface area contributed by atoms with Crippen LogP contribution in [-0.2, 0) is 11.3 Å². The van der Waals surface area contributed by atoms with E-state index in [1.165, 1.54) is 0 Å². The van der Waals surface area contributed by atoms with E-state index in [1.54, 1.807) is 7.11 Å². The number of methoxy groups -OCH3 is 1. The lowest BCUT2D eigenvalue weighted by molar-refractivity contribution is 0.181. The Balaban J connectivity index is 2.25. The second-order valence-corrected chi connectivity index (χ2v) is 5.71. The summed E-state index contributed by atoms with van der Waals surface area (Å²) >= 11 is 9.58. The first kappa shape index (κ1) is 14.5. The van der Waals surface area contributed by atoms with E-state index in [0.29, 0.717) is 27.8 Å². The number of hydrogen-bond donors (Lipinski definition) is 0. The number of ether oxygens (including phenoxy) is 1. The molecule has 0 amide bonds. The lowest BCUT2D eigenvalue weighted by Gasteiger charge is -2.07. The number of fused-ring (bicyclic) bond motifs is 1. The molecular formula is C15H12BrClN2O2. The average molecular weight is 368 g/mol. The summed E-state index contributed by atoms with van der Waals surface area (Å²) in [5, 5.41) is 1.33. The predicted octanol–water partition coefficient (Wildman–Crippen LogP) is 4.76. The number of rotatable bonds is 3. The second-order valence-electron chi connectivity index (χ2n) is 4.56. The third-order valence-electron chi connectivity index (χ3n) is 3.16. The number of aromatic nitrogens is 2. The van der Waals surface area contributed by atoms with Gasteiger partial charge < -0.3 is 9.15 Å². The number of hydrogen-bond acceptors (Lipinski definition) is 4. The van der Waals surface area contributed by atoms with Crippen molar-refractivity contribution < 1.29 is 9.15 Å². The van der Waals surface area contributed by atoms with E-state index in [0.717, 1.165) is 22.3 Å². The first-order valence-electron chi connectivity index (χ1n) is 6.31. The summed E-state index contributed by atoms with van der Waals surface area (Å²) in [6, 6.07) is 7.79. The normalized spacial score (nSPS) is 11.2. The maximum absolute atomic E-state index is 6.19. The molecule has 0 N–H and O–H groups in total. The number of para-hydroxylation sites is 1. The molecule has 0 saturated carbocycles. The highest BCUT2D eigenvalue weighted by Gasteiger charge is 2.18. The van der Waals surface area contributed by atoms with Gasteiger partial charge in [-0.3, -0.25) is 0 Å². The first-order chi connectivity index (χ1) is 10.1. The summed E-state index contributed by atoms with van der Waals surface area (Å²) < 4.78 is 11.6. The van der Waals surface area contributed by atoms with Gasteiger partial charge in [-0.2, -0.15) is 0 Å². The molecule has 0 aliphatic carbocycles. The van der Waals surface area contributed by atoms with Crippen LogP contribution < -0.4 is 0 Å². The van der Waals surface area contributed by atoms with E-state index in [-0.39, 0.29) is 0 Å². The molecule has 3 rings (SSSR count). The molecule has 0 aliphatic heterocycles. The summed E-state index contributed by atoms with van der Waals surface area (Å²) in [5.74, 6) is 1.30. The molecule has 0 aliphatic rings. The molecular weight excluding hydrogens is 356 g/mol. The van der Waals surface area contributed by atoms with Crippen molar-refractivity contribution in [2.45, 2.75) is 13.5 Å². The molecule has 0 saturated heterocycles. The Morgan fingerprint density at radius 1 is 1.29 bits per heavy atom. The van der Waals surface area contributed by atoms with Gasteiger partial charge >= 0.3 is 0 Å². The fraction of sp³-hybridized carbons (Fsp3) is 0.200. The number of furan rings is 1. The van der Waals surface area contributed by atoms with Gasteiger partial charge in [0.2, 0.25) is 0 Å². The van der Waals surface area contributed by atoms with Gasteiger partial charge in [0, 0.05) is 12.5 Å². The number of benzene rings is 1. The third-order valence-corrected chi connectivity index (χ3v) is 4.49. The number of nitrogens with zero attached hydrogens (tertiary/aromatic N) is 2. The largest absolute Gasteiger partial charge is 0.461 e. The van der Waals surface area contributed by atoms with Crippen molar-refractivity contribution in [1.82, 2.24) is 9.97 Å². The monoisotopic (exact) mass is 366 g/mol. The van der Waals surface area contributed by atoms with Crippen molar-refractivity contribution in [1.29, 1.82) is 0 Å². The van der Waals surface area contributed by atoms with Crippen LogP contribution in [0.15, 0.2) is 33.2 Å². The summed E-state index contributed by atoms with van der Waals surface area (Å²) in [6.07, 6.45) is 0. The molecule has 0 unspecified atom stereocenters. The van der Waals surface area contributed by atoms with Crippen molar-refractivity contribution in [2.75, 3.05) is 7.11 Å². The molecule has 2 heterocycles. The van der Waals surface area contributed by atoms with E-state index >= 15 is 0 Å². The highest BCUT2D eigenvalue weighted by Crippen LogP contribution is 2.34. The van der Waals surface area contributed by atoms with Gasteiger partial charge in [-0.25, -0.2) is 9.97 Å². The molecule has 2 aromatic heterocycles. The van der Waals surface area contributed by atoms with E-state index in [4.69, 9.17) is 20.8 Å². The summed E-state index contributed by atoms with van der Waals surface area (Å²) in [6.45, 7) is 2.25. The minimum Gasteiger partial charge on any atom is -0.461 e. The SMILES string of the molecule is COCc1nc(-c2c(C)oc3ccccc23)nc(Cl)c1Br. The summed E-state index contributed by atoms with van der Waals surface area (Å²) in [7, 11) is 1.61. The Kier molecular flexibility index (Phi) is 3.97. The van der Waals surface area contributed by atoms with Crippen LogP contribution in [0, 0.1) is 6.92 Å². The average Bonchev–Trinajstić information content (AvgIpc) is 2.79. The van der Waals surface area contributed by atoms with Gasteiger partial charge in [-0.1, -0.05) is 29.8 Å². The first-order valence-corrected chi connectivity index (χ1v) is 7.48. The summed E-state index contributed by atoms with van der Waals surface area (Å²) in [4.78, 5) is 8.91. The van der Waals surface area contributed by atoms with Gasteiger partial charge in [-0.05, 0) is 28.9 Å². The lowest BCUT2D eigenvalue weighted by atomic mass is 10.1. The van der Waals surface area contributed by atoms with Gasteiger partial charge in [0.25, 0.3) is 0 Å². The fourth-order valence-corrected chi connectivity index (χ4v) is 2.73. The maximum atomic E-state index is 6.19. The van der Waals surface area contributed by atoms with E-state index in [9.17, 15) is 0 Å². The lowest BCUT2D eigenvalue weighted by Crippen LogP contribution is -2.00. The standard InChI is InChI=1S/C15H12BrClN2O2/c1-8-12(9-5-3-4-6-11(9)21-8)15-18-10(7-20-2)13(16)14(17)19-15/h3-6H,7H2,1-2H3. The predicted molar refractivity (Wildman–Crippen MR) is 85.4 cm³/mol. The molecule has 4 nitrogen and oxygen atoms in total. The minimum absolute atomic E-state index is 0.352. The Labute approximate surface area is 135 Å². The van der Waals surface area contributed by atoms with Gasteiger partial charge in [0.05, 0.1) is 22.3 Å². The molecule has 0 bridgehead atoms. The van der Waals surface area contributed by atoms with Crippen molar-refractivity contribution in [3.05, 3.63) is 45.3 Å². The second kappa shape index (κ2) is 5.75. The highest BCUT2D eigenvalue weighted by atomic mass is 79.9. The van der Waals surface area contributed by atoms with Crippen LogP contribution in [0.4, 0.5) is 0 Å². The highest BCUT2D eigenvalue weighted by molar-refractivity contribution is 9.10.